The number of aryl methyl sites for hydroxylation is 3. The zero-order valence-electron chi connectivity index (χ0n) is 17.7. The normalized spacial score (nSPS) is 11.0. The molecule has 0 saturated heterocycles. The molecule has 0 saturated carbocycles. The Balaban J connectivity index is 1.68. The molecule has 4 rings (SSSR count). The topological polar surface area (TPSA) is 33.2 Å². The van der Waals surface area contributed by atoms with E-state index < -0.39 is 0 Å². The summed E-state index contributed by atoms with van der Waals surface area (Å²) in [5.41, 5.74) is 6.76. The maximum Gasteiger partial charge on any atom is 0.233 e. The summed E-state index contributed by atoms with van der Waals surface area (Å²) in [5.74, 6) is 0.0662. The Kier molecular flexibility index (Phi) is 5.96. The summed E-state index contributed by atoms with van der Waals surface area (Å²) < 4.78 is 1.13. The highest BCUT2D eigenvalue weighted by Gasteiger charge is 2.21. The summed E-state index contributed by atoms with van der Waals surface area (Å²) in [6.45, 7) is 6.83. The van der Waals surface area contributed by atoms with Gasteiger partial charge in [0, 0.05) is 0 Å². The number of fused-ring (bicyclic) bond motifs is 1. The number of thiazole rings is 1. The van der Waals surface area contributed by atoms with Crippen LogP contribution in [0.4, 0.5) is 5.13 Å². The lowest BCUT2D eigenvalue weighted by atomic mass is 10.1. The number of carbonyl (C=O) groups is 1. The van der Waals surface area contributed by atoms with Crippen LogP contribution in [-0.2, 0) is 24.2 Å². The Bertz CT molecular complexity index is 1160. The van der Waals surface area contributed by atoms with Crippen molar-refractivity contribution in [3.8, 4) is 0 Å². The first kappa shape index (κ1) is 20.3. The van der Waals surface area contributed by atoms with Crippen molar-refractivity contribution in [2.45, 2.75) is 40.2 Å². The van der Waals surface area contributed by atoms with Crippen LogP contribution in [0.5, 0.6) is 0 Å². The van der Waals surface area contributed by atoms with Crippen LogP contribution in [0.15, 0.2) is 66.7 Å². The summed E-state index contributed by atoms with van der Waals surface area (Å²) in [4.78, 5) is 20.1. The van der Waals surface area contributed by atoms with Crippen molar-refractivity contribution in [2.75, 3.05) is 4.90 Å². The van der Waals surface area contributed by atoms with Gasteiger partial charge in [0.25, 0.3) is 0 Å². The zero-order chi connectivity index (χ0) is 21.1. The Morgan fingerprint density at radius 2 is 1.63 bits per heavy atom. The van der Waals surface area contributed by atoms with E-state index in [0.717, 1.165) is 38.5 Å². The molecule has 4 aromatic rings. The van der Waals surface area contributed by atoms with Crippen LogP contribution in [0.1, 0.15) is 34.7 Å². The van der Waals surface area contributed by atoms with Gasteiger partial charge < -0.3 is 0 Å². The van der Waals surface area contributed by atoms with Gasteiger partial charge in [-0.2, -0.15) is 0 Å². The van der Waals surface area contributed by atoms with Crippen molar-refractivity contribution in [1.82, 2.24) is 4.98 Å². The van der Waals surface area contributed by atoms with E-state index in [-0.39, 0.29) is 5.91 Å². The maximum absolute atomic E-state index is 13.4. The smallest absolute Gasteiger partial charge is 0.233 e. The van der Waals surface area contributed by atoms with Gasteiger partial charge in [-0.1, -0.05) is 78.9 Å². The molecule has 0 unspecified atom stereocenters. The molecule has 3 aromatic carbocycles. The number of hydrogen-bond donors (Lipinski definition) is 0. The first-order chi connectivity index (χ1) is 14.5. The molecule has 0 aliphatic heterocycles. The van der Waals surface area contributed by atoms with Crippen molar-refractivity contribution in [1.29, 1.82) is 0 Å². The number of aromatic nitrogens is 1. The summed E-state index contributed by atoms with van der Waals surface area (Å²) in [7, 11) is 0. The lowest BCUT2D eigenvalue weighted by Gasteiger charge is -2.20. The Hall–Kier alpha value is -2.98. The molecule has 0 fully saturated rings. The molecule has 0 spiro atoms. The zero-order valence-corrected chi connectivity index (χ0v) is 18.5. The molecule has 0 bridgehead atoms. The molecule has 1 amide bonds. The van der Waals surface area contributed by atoms with Crippen LogP contribution >= 0.6 is 11.3 Å². The molecule has 0 N–H and O–H groups in total. The standard InChI is InChI=1S/C26H26N2OS/c1-4-20-10-12-21(13-11-20)16-24(29)28(17-22-8-6-5-7-9-22)26-27-25-19(3)14-18(2)15-23(25)30-26/h5-15H,4,16-17H2,1-3H3. The van der Waals surface area contributed by atoms with Gasteiger partial charge in [-0.25, -0.2) is 4.98 Å². The van der Waals surface area contributed by atoms with Crippen molar-refractivity contribution in [2.24, 2.45) is 0 Å². The molecule has 1 heterocycles. The highest BCUT2D eigenvalue weighted by atomic mass is 32.1. The molecular formula is C26H26N2OS. The van der Waals surface area contributed by atoms with E-state index in [1.165, 1.54) is 11.1 Å². The van der Waals surface area contributed by atoms with Gasteiger partial charge in [0.05, 0.1) is 23.2 Å². The third-order valence-electron chi connectivity index (χ3n) is 5.32. The average Bonchev–Trinajstić information content (AvgIpc) is 3.17. The summed E-state index contributed by atoms with van der Waals surface area (Å²) in [6, 6.07) is 22.7. The van der Waals surface area contributed by atoms with E-state index in [9.17, 15) is 4.79 Å². The molecule has 30 heavy (non-hydrogen) atoms. The van der Waals surface area contributed by atoms with E-state index in [1.54, 1.807) is 11.3 Å². The maximum atomic E-state index is 13.4. The lowest BCUT2D eigenvalue weighted by molar-refractivity contribution is -0.118. The third kappa shape index (κ3) is 4.44. The fourth-order valence-corrected chi connectivity index (χ4v) is 4.82. The minimum absolute atomic E-state index is 0.0662. The minimum Gasteiger partial charge on any atom is -0.283 e. The van der Waals surface area contributed by atoms with E-state index in [0.29, 0.717) is 13.0 Å². The second-order valence-electron chi connectivity index (χ2n) is 7.74. The van der Waals surface area contributed by atoms with Crippen molar-refractivity contribution >= 4 is 32.6 Å². The van der Waals surface area contributed by atoms with Gasteiger partial charge >= 0.3 is 0 Å². The largest absolute Gasteiger partial charge is 0.283 e. The predicted molar refractivity (Wildman–Crippen MR) is 126 cm³/mol. The van der Waals surface area contributed by atoms with Gasteiger partial charge in [-0.3, -0.25) is 9.69 Å². The van der Waals surface area contributed by atoms with E-state index in [4.69, 9.17) is 4.98 Å². The van der Waals surface area contributed by atoms with Crippen LogP contribution in [0, 0.1) is 13.8 Å². The fourth-order valence-electron chi connectivity index (χ4n) is 3.67. The van der Waals surface area contributed by atoms with Crippen molar-refractivity contribution in [3.63, 3.8) is 0 Å². The van der Waals surface area contributed by atoms with E-state index in [2.05, 4.69) is 69.3 Å². The second kappa shape index (κ2) is 8.80. The van der Waals surface area contributed by atoms with Gasteiger partial charge in [0.15, 0.2) is 5.13 Å². The van der Waals surface area contributed by atoms with Gasteiger partial charge in [-0.05, 0) is 54.2 Å². The molecule has 0 aliphatic carbocycles. The molecule has 0 radical (unpaired) electrons. The number of nitrogens with zero attached hydrogens (tertiary/aromatic N) is 2. The lowest BCUT2D eigenvalue weighted by Crippen LogP contribution is -2.31. The molecule has 152 valence electrons. The number of amides is 1. The molecule has 0 atom stereocenters. The van der Waals surface area contributed by atoms with E-state index >= 15 is 0 Å². The number of carbonyl (C=O) groups excluding carboxylic acids is 1. The van der Waals surface area contributed by atoms with Gasteiger partial charge in [0.2, 0.25) is 5.91 Å². The van der Waals surface area contributed by atoms with Crippen LogP contribution in [-0.4, -0.2) is 10.9 Å². The van der Waals surface area contributed by atoms with Crippen molar-refractivity contribution in [3.05, 3.63) is 94.5 Å². The number of benzene rings is 3. The molecule has 0 aliphatic rings. The quantitative estimate of drug-likeness (QED) is 0.373. The summed E-state index contributed by atoms with van der Waals surface area (Å²) in [5, 5.41) is 0.762. The molecular weight excluding hydrogens is 388 g/mol. The van der Waals surface area contributed by atoms with Crippen molar-refractivity contribution < 1.29 is 4.79 Å². The first-order valence-corrected chi connectivity index (χ1v) is 11.1. The Morgan fingerprint density at radius 3 is 2.33 bits per heavy atom. The number of anilines is 1. The summed E-state index contributed by atoms with van der Waals surface area (Å²) in [6.07, 6.45) is 1.36. The predicted octanol–water partition coefficient (Wildman–Crippen LogP) is 6.25. The average molecular weight is 415 g/mol. The fraction of sp³-hybridized carbons (Fsp3) is 0.231. The second-order valence-corrected chi connectivity index (χ2v) is 8.75. The van der Waals surface area contributed by atoms with Crippen LogP contribution in [0.3, 0.4) is 0 Å². The van der Waals surface area contributed by atoms with Gasteiger partial charge in [0.1, 0.15) is 0 Å². The van der Waals surface area contributed by atoms with Gasteiger partial charge in [-0.15, -0.1) is 0 Å². The summed E-state index contributed by atoms with van der Waals surface area (Å²) >= 11 is 1.59. The molecule has 1 aromatic heterocycles. The minimum atomic E-state index is 0.0662. The molecule has 4 heteroatoms. The first-order valence-electron chi connectivity index (χ1n) is 10.3. The van der Waals surface area contributed by atoms with Crippen LogP contribution in [0.25, 0.3) is 10.2 Å². The number of rotatable bonds is 6. The van der Waals surface area contributed by atoms with Crippen LogP contribution in [0.2, 0.25) is 0 Å². The van der Waals surface area contributed by atoms with Crippen LogP contribution < -0.4 is 4.90 Å². The highest BCUT2D eigenvalue weighted by molar-refractivity contribution is 7.22. The third-order valence-corrected chi connectivity index (χ3v) is 6.35. The monoisotopic (exact) mass is 414 g/mol. The van der Waals surface area contributed by atoms with E-state index in [1.807, 2.05) is 23.1 Å². The number of hydrogen-bond acceptors (Lipinski definition) is 3. The Labute approximate surface area is 182 Å². The molecule has 3 nitrogen and oxygen atoms in total. The SMILES string of the molecule is CCc1ccc(CC(=O)N(Cc2ccccc2)c2nc3c(C)cc(C)cc3s2)cc1. The highest BCUT2D eigenvalue weighted by Crippen LogP contribution is 2.32. The Morgan fingerprint density at radius 1 is 0.933 bits per heavy atom.